The molecule has 1 aromatic heterocycles. The molecule has 94 valence electrons. The Balaban J connectivity index is 2.61. The molecule has 0 aliphatic rings. The number of aromatic nitrogens is 1. The fraction of sp³-hybridized carbons (Fsp3) is 0.500. The Morgan fingerprint density at radius 1 is 1.65 bits per heavy atom. The quantitative estimate of drug-likeness (QED) is 0.775. The number of nitrogens with zero attached hydrogens (tertiary/aromatic N) is 1. The molecule has 17 heavy (non-hydrogen) atoms. The highest BCUT2D eigenvalue weighted by molar-refractivity contribution is 5.94. The number of nitrogens with one attached hydrogen (secondary N) is 1. The van der Waals surface area contributed by atoms with E-state index in [9.17, 15) is 4.79 Å². The van der Waals surface area contributed by atoms with Crippen LogP contribution in [-0.4, -0.2) is 35.3 Å². The number of hydrogen-bond donors (Lipinski definition) is 2. The summed E-state index contributed by atoms with van der Waals surface area (Å²) in [6.07, 6.45) is 1.64. The first-order valence-electron chi connectivity index (χ1n) is 5.69. The second-order valence-corrected chi connectivity index (χ2v) is 3.68. The van der Waals surface area contributed by atoms with Gasteiger partial charge in [0.25, 0.3) is 5.91 Å². The Bertz CT molecular complexity index is 367. The second kappa shape index (κ2) is 6.85. The van der Waals surface area contributed by atoms with Crippen molar-refractivity contribution in [1.29, 1.82) is 0 Å². The number of pyridine rings is 1. The van der Waals surface area contributed by atoms with Gasteiger partial charge in [-0.05, 0) is 32.4 Å². The van der Waals surface area contributed by atoms with Crippen LogP contribution in [0.1, 0.15) is 30.8 Å². The Kier molecular flexibility index (Phi) is 5.42. The maximum atomic E-state index is 11.8. The minimum absolute atomic E-state index is 0.278. The third-order valence-corrected chi connectivity index (χ3v) is 2.13. The SMILES string of the molecule is CCOc1cccnc1C(=O)NCCC(C)O. The van der Waals surface area contributed by atoms with Crippen LogP contribution >= 0.6 is 0 Å². The Morgan fingerprint density at radius 2 is 2.41 bits per heavy atom. The van der Waals surface area contributed by atoms with Gasteiger partial charge in [-0.3, -0.25) is 4.79 Å². The first-order valence-corrected chi connectivity index (χ1v) is 5.69. The fourth-order valence-corrected chi connectivity index (χ4v) is 1.31. The Morgan fingerprint density at radius 3 is 3.06 bits per heavy atom. The molecule has 0 aliphatic heterocycles. The molecule has 0 saturated carbocycles. The lowest BCUT2D eigenvalue weighted by Gasteiger charge is -2.09. The number of carbonyl (C=O) groups is 1. The zero-order chi connectivity index (χ0) is 12.7. The molecular weight excluding hydrogens is 220 g/mol. The summed E-state index contributed by atoms with van der Waals surface area (Å²) in [5.41, 5.74) is 0.278. The Hall–Kier alpha value is -1.62. The standard InChI is InChI=1S/C12H18N2O3/c1-3-17-10-5-4-7-13-11(10)12(16)14-8-6-9(2)15/h4-5,7,9,15H,3,6,8H2,1-2H3,(H,14,16). The zero-order valence-electron chi connectivity index (χ0n) is 10.1. The van der Waals surface area contributed by atoms with Gasteiger partial charge in [-0.1, -0.05) is 0 Å². The summed E-state index contributed by atoms with van der Waals surface area (Å²) in [7, 11) is 0. The lowest BCUT2D eigenvalue weighted by atomic mass is 10.2. The van der Waals surface area contributed by atoms with Crippen molar-refractivity contribution >= 4 is 5.91 Å². The lowest BCUT2D eigenvalue weighted by Crippen LogP contribution is -2.27. The number of ether oxygens (including phenoxy) is 1. The van der Waals surface area contributed by atoms with Crippen LogP contribution in [-0.2, 0) is 0 Å². The first kappa shape index (κ1) is 13.4. The largest absolute Gasteiger partial charge is 0.491 e. The van der Waals surface area contributed by atoms with E-state index >= 15 is 0 Å². The third kappa shape index (κ3) is 4.40. The third-order valence-electron chi connectivity index (χ3n) is 2.13. The van der Waals surface area contributed by atoms with E-state index in [4.69, 9.17) is 9.84 Å². The van der Waals surface area contributed by atoms with Gasteiger partial charge in [0, 0.05) is 12.7 Å². The molecule has 0 aliphatic carbocycles. The summed E-state index contributed by atoms with van der Waals surface area (Å²) >= 11 is 0. The zero-order valence-corrected chi connectivity index (χ0v) is 10.1. The summed E-state index contributed by atoms with van der Waals surface area (Å²) in [6, 6.07) is 3.43. The van der Waals surface area contributed by atoms with Gasteiger partial charge < -0.3 is 15.2 Å². The second-order valence-electron chi connectivity index (χ2n) is 3.68. The molecule has 1 aromatic rings. The van der Waals surface area contributed by atoms with Crippen molar-refractivity contribution < 1.29 is 14.6 Å². The van der Waals surface area contributed by atoms with E-state index < -0.39 is 6.10 Å². The fourth-order valence-electron chi connectivity index (χ4n) is 1.31. The Labute approximate surface area is 101 Å². The minimum Gasteiger partial charge on any atom is -0.491 e. The predicted molar refractivity (Wildman–Crippen MR) is 64.0 cm³/mol. The number of hydrogen-bond acceptors (Lipinski definition) is 4. The van der Waals surface area contributed by atoms with Crippen LogP contribution in [0.25, 0.3) is 0 Å². The molecular formula is C12H18N2O3. The molecule has 1 amide bonds. The average molecular weight is 238 g/mol. The van der Waals surface area contributed by atoms with Crippen molar-refractivity contribution in [2.75, 3.05) is 13.2 Å². The van der Waals surface area contributed by atoms with Crippen molar-refractivity contribution in [3.63, 3.8) is 0 Å². The maximum Gasteiger partial charge on any atom is 0.273 e. The molecule has 0 bridgehead atoms. The molecule has 1 heterocycles. The predicted octanol–water partition coefficient (Wildman–Crippen LogP) is 0.981. The highest BCUT2D eigenvalue weighted by atomic mass is 16.5. The van der Waals surface area contributed by atoms with Gasteiger partial charge in [0.1, 0.15) is 0 Å². The van der Waals surface area contributed by atoms with Crippen LogP contribution in [0.5, 0.6) is 5.75 Å². The van der Waals surface area contributed by atoms with Crippen LogP contribution in [0.2, 0.25) is 0 Å². The van der Waals surface area contributed by atoms with E-state index in [1.807, 2.05) is 6.92 Å². The highest BCUT2D eigenvalue weighted by Gasteiger charge is 2.13. The van der Waals surface area contributed by atoms with Gasteiger partial charge in [-0.2, -0.15) is 0 Å². The summed E-state index contributed by atoms with van der Waals surface area (Å²) in [6.45, 7) is 4.43. The lowest BCUT2D eigenvalue weighted by molar-refractivity contribution is 0.0936. The van der Waals surface area contributed by atoms with Crippen molar-refractivity contribution in [3.8, 4) is 5.75 Å². The van der Waals surface area contributed by atoms with Crippen molar-refractivity contribution in [3.05, 3.63) is 24.0 Å². The van der Waals surface area contributed by atoms with Crippen LogP contribution in [0.15, 0.2) is 18.3 Å². The van der Waals surface area contributed by atoms with E-state index in [0.717, 1.165) is 0 Å². The monoisotopic (exact) mass is 238 g/mol. The number of rotatable bonds is 6. The molecule has 5 heteroatoms. The molecule has 1 unspecified atom stereocenters. The van der Waals surface area contributed by atoms with E-state index in [-0.39, 0.29) is 11.6 Å². The number of amides is 1. The molecule has 0 spiro atoms. The number of carbonyl (C=O) groups excluding carboxylic acids is 1. The van der Waals surface area contributed by atoms with Gasteiger partial charge in [0.05, 0.1) is 12.7 Å². The molecule has 2 N–H and O–H groups in total. The molecule has 5 nitrogen and oxygen atoms in total. The van der Waals surface area contributed by atoms with Gasteiger partial charge >= 0.3 is 0 Å². The van der Waals surface area contributed by atoms with Gasteiger partial charge in [-0.15, -0.1) is 0 Å². The van der Waals surface area contributed by atoms with Crippen molar-refractivity contribution in [2.45, 2.75) is 26.4 Å². The molecule has 0 aromatic carbocycles. The minimum atomic E-state index is -0.426. The van der Waals surface area contributed by atoms with Crippen LogP contribution in [0.3, 0.4) is 0 Å². The van der Waals surface area contributed by atoms with Crippen LogP contribution in [0, 0.1) is 0 Å². The van der Waals surface area contributed by atoms with Crippen molar-refractivity contribution in [1.82, 2.24) is 10.3 Å². The summed E-state index contributed by atoms with van der Waals surface area (Å²) in [5, 5.41) is 11.8. The normalized spacial score (nSPS) is 11.9. The molecule has 1 rings (SSSR count). The first-order chi connectivity index (χ1) is 8.15. The number of aliphatic hydroxyl groups is 1. The van der Waals surface area contributed by atoms with Gasteiger partial charge in [-0.25, -0.2) is 4.98 Å². The van der Waals surface area contributed by atoms with E-state index in [2.05, 4.69) is 10.3 Å². The molecule has 0 saturated heterocycles. The van der Waals surface area contributed by atoms with Crippen LogP contribution in [0.4, 0.5) is 0 Å². The summed E-state index contributed by atoms with van der Waals surface area (Å²) < 4.78 is 5.31. The van der Waals surface area contributed by atoms with Crippen molar-refractivity contribution in [2.24, 2.45) is 0 Å². The average Bonchev–Trinajstić information content (AvgIpc) is 2.29. The van der Waals surface area contributed by atoms with Gasteiger partial charge in [0.2, 0.25) is 0 Å². The van der Waals surface area contributed by atoms with E-state index in [1.165, 1.54) is 0 Å². The highest BCUT2D eigenvalue weighted by Crippen LogP contribution is 2.14. The number of aliphatic hydroxyl groups excluding tert-OH is 1. The van der Waals surface area contributed by atoms with E-state index in [0.29, 0.717) is 25.3 Å². The summed E-state index contributed by atoms with van der Waals surface area (Å²) in [5.74, 6) is 0.194. The maximum absolute atomic E-state index is 11.8. The van der Waals surface area contributed by atoms with Crippen LogP contribution < -0.4 is 10.1 Å². The summed E-state index contributed by atoms with van der Waals surface area (Å²) in [4.78, 5) is 15.8. The van der Waals surface area contributed by atoms with Gasteiger partial charge in [0.15, 0.2) is 11.4 Å². The molecule has 0 radical (unpaired) electrons. The smallest absolute Gasteiger partial charge is 0.273 e. The topological polar surface area (TPSA) is 71.5 Å². The molecule has 1 atom stereocenters. The molecule has 0 fully saturated rings. The van der Waals surface area contributed by atoms with E-state index in [1.54, 1.807) is 25.3 Å².